The number of aliphatic hydroxyl groups is 1. The highest BCUT2D eigenvalue weighted by molar-refractivity contribution is 5.96. The van der Waals surface area contributed by atoms with Gasteiger partial charge in [0, 0.05) is 31.6 Å². The van der Waals surface area contributed by atoms with Crippen LogP contribution in [0, 0.1) is 13.8 Å². The summed E-state index contributed by atoms with van der Waals surface area (Å²) in [4.78, 5) is 14.4. The molecule has 0 amide bonds. The third kappa shape index (κ3) is 4.13. The van der Waals surface area contributed by atoms with Gasteiger partial charge in [0.1, 0.15) is 0 Å². The molecule has 4 nitrogen and oxygen atoms in total. The minimum atomic E-state index is -0.111. The standard InChI is InChI=1S/C16H23NO3/c1-12-7-13(2)9-14(8-12)16(19)3-4-17-5-6-20-15(10-17)11-18/h7-9,15,18H,3-6,10-11H2,1-2H3. The molecule has 1 aromatic carbocycles. The van der Waals surface area contributed by atoms with Crippen LogP contribution in [0.4, 0.5) is 0 Å². The van der Waals surface area contributed by atoms with Gasteiger partial charge in [0.15, 0.2) is 5.78 Å². The predicted molar refractivity (Wildman–Crippen MR) is 78.1 cm³/mol. The van der Waals surface area contributed by atoms with Crippen molar-refractivity contribution in [3.05, 3.63) is 34.9 Å². The molecule has 1 heterocycles. The number of rotatable bonds is 5. The van der Waals surface area contributed by atoms with E-state index in [-0.39, 0.29) is 18.5 Å². The largest absolute Gasteiger partial charge is 0.394 e. The Labute approximate surface area is 120 Å². The lowest BCUT2D eigenvalue weighted by Gasteiger charge is -2.31. The third-order valence-corrected chi connectivity index (χ3v) is 3.63. The first-order valence-corrected chi connectivity index (χ1v) is 7.15. The number of benzene rings is 1. The van der Waals surface area contributed by atoms with E-state index in [9.17, 15) is 4.79 Å². The van der Waals surface area contributed by atoms with E-state index >= 15 is 0 Å². The number of Topliss-reactive ketones (excluding diaryl/α,β-unsaturated/α-hetero) is 1. The Balaban J connectivity index is 1.88. The van der Waals surface area contributed by atoms with Crippen LogP contribution in [0.25, 0.3) is 0 Å². The second-order valence-electron chi connectivity index (χ2n) is 5.53. The number of ether oxygens (including phenoxy) is 1. The SMILES string of the molecule is Cc1cc(C)cc(C(=O)CCN2CCOC(CO)C2)c1. The lowest BCUT2D eigenvalue weighted by molar-refractivity contribution is -0.0523. The van der Waals surface area contributed by atoms with E-state index in [1.807, 2.05) is 26.0 Å². The molecule has 0 radical (unpaired) electrons. The van der Waals surface area contributed by atoms with Crippen LogP contribution in [0.2, 0.25) is 0 Å². The van der Waals surface area contributed by atoms with Crippen molar-refractivity contribution in [1.82, 2.24) is 4.90 Å². The molecule has 2 rings (SSSR count). The van der Waals surface area contributed by atoms with E-state index in [0.717, 1.165) is 29.8 Å². The van der Waals surface area contributed by atoms with Crippen LogP contribution in [0.1, 0.15) is 27.9 Å². The van der Waals surface area contributed by atoms with E-state index in [1.165, 1.54) is 0 Å². The van der Waals surface area contributed by atoms with Crippen LogP contribution < -0.4 is 0 Å². The lowest BCUT2D eigenvalue weighted by Crippen LogP contribution is -2.44. The van der Waals surface area contributed by atoms with Crippen LogP contribution >= 0.6 is 0 Å². The molecule has 1 atom stereocenters. The van der Waals surface area contributed by atoms with E-state index in [2.05, 4.69) is 11.0 Å². The van der Waals surface area contributed by atoms with Gasteiger partial charge in [-0.3, -0.25) is 9.69 Å². The maximum atomic E-state index is 12.2. The Morgan fingerprint density at radius 3 is 2.70 bits per heavy atom. The summed E-state index contributed by atoms with van der Waals surface area (Å²) >= 11 is 0. The van der Waals surface area contributed by atoms with Gasteiger partial charge in [-0.1, -0.05) is 17.2 Å². The van der Waals surface area contributed by atoms with Crippen LogP contribution in [0.5, 0.6) is 0 Å². The van der Waals surface area contributed by atoms with Crippen molar-refractivity contribution < 1.29 is 14.6 Å². The minimum absolute atomic E-state index is 0.0432. The quantitative estimate of drug-likeness (QED) is 0.830. The van der Waals surface area contributed by atoms with Crippen molar-refractivity contribution in [3.8, 4) is 0 Å². The number of aliphatic hydroxyl groups excluding tert-OH is 1. The molecule has 110 valence electrons. The first-order chi connectivity index (χ1) is 9.58. The summed E-state index contributed by atoms with van der Waals surface area (Å²) in [6.45, 7) is 6.96. The van der Waals surface area contributed by atoms with E-state index < -0.39 is 0 Å². The molecule has 0 aromatic heterocycles. The highest BCUT2D eigenvalue weighted by atomic mass is 16.5. The number of carbonyl (C=O) groups excluding carboxylic acids is 1. The summed E-state index contributed by atoms with van der Waals surface area (Å²) in [5.41, 5.74) is 3.05. The molecule has 1 aliphatic heterocycles. The number of nitrogens with zero attached hydrogens (tertiary/aromatic N) is 1. The Kier molecular flexibility index (Phi) is 5.29. The molecular weight excluding hydrogens is 254 g/mol. The van der Waals surface area contributed by atoms with Crippen molar-refractivity contribution in [2.75, 3.05) is 32.8 Å². The number of morpholine rings is 1. The molecule has 0 saturated carbocycles. The molecule has 1 N–H and O–H groups in total. The van der Waals surface area contributed by atoms with Crippen molar-refractivity contribution >= 4 is 5.78 Å². The minimum Gasteiger partial charge on any atom is -0.394 e. The van der Waals surface area contributed by atoms with E-state index in [4.69, 9.17) is 9.84 Å². The second kappa shape index (κ2) is 6.97. The van der Waals surface area contributed by atoms with Gasteiger partial charge >= 0.3 is 0 Å². The lowest BCUT2D eigenvalue weighted by atomic mass is 10.0. The molecule has 4 heteroatoms. The smallest absolute Gasteiger partial charge is 0.164 e. The zero-order valence-electron chi connectivity index (χ0n) is 12.3. The van der Waals surface area contributed by atoms with Crippen molar-refractivity contribution in [3.63, 3.8) is 0 Å². The molecule has 1 unspecified atom stereocenters. The molecule has 0 aliphatic carbocycles. The fourth-order valence-electron chi connectivity index (χ4n) is 2.63. The molecule has 1 saturated heterocycles. The van der Waals surface area contributed by atoms with Crippen molar-refractivity contribution in [1.29, 1.82) is 0 Å². The average Bonchev–Trinajstić information content (AvgIpc) is 2.44. The van der Waals surface area contributed by atoms with Crippen LogP contribution in [0.15, 0.2) is 18.2 Å². The second-order valence-corrected chi connectivity index (χ2v) is 5.53. The summed E-state index contributed by atoms with van der Waals surface area (Å²) in [7, 11) is 0. The van der Waals surface area contributed by atoms with Gasteiger partial charge in [-0.05, 0) is 26.0 Å². The highest BCUT2D eigenvalue weighted by Crippen LogP contribution is 2.12. The van der Waals surface area contributed by atoms with E-state index in [1.54, 1.807) is 0 Å². The van der Waals surface area contributed by atoms with Crippen LogP contribution in [-0.2, 0) is 4.74 Å². The molecule has 0 bridgehead atoms. The molecule has 1 fully saturated rings. The summed E-state index contributed by atoms with van der Waals surface area (Å²) in [6.07, 6.45) is 0.404. The van der Waals surface area contributed by atoms with Gasteiger partial charge in [-0.15, -0.1) is 0 Å². The monoisotopic (exact) mass is 277 g/mol. The zero-order chi connectivity index (χ0) is 14.5. The van der Waals surface area contributed by atoms with Crippen molar-refractivity contribution in [2.24, 2.45) is 0 Å². The molecule has 1 aliphatic rings. The Hall–Kier alpha value is -1.23. The average molecular weight is 277 g/mol. The topological polar surface area (TPSA) is 49.8 Å². The molecule has 0 spiro atoms. The van der Waals surface area contributed by atoms with Gasteiger partial charge in [-0.25, -0.2) is 0 Å². The summed E-state index contributed by atoms with van der Waals surface area (Å²) in [5, 5.41) is 9.11. The fourth-order valence-corrected chi connectivity index (χ4v) is 2.63. The first-order valence-electron chi connectivity index (χ1n) is 7.15. The Morgan fingerprint density at radius 1 is 1.35 bits per heavy atom. The predicted octanol–water partition coefficient (Wildman–Crippen LogP) is 1.57. The number of hydrogen-bond acceptors (Lipinski definition) is 4. The molecular formula is C16H23NO3. The normalized spacial score (nSPS) is 20.1. The number of ketones is 1. The maximum absolute atomic E-state index is 12.2. The maximum Gasteiger partial charge on any atom is 0.164 e. The Bertz CT molecular complexity index is 453. The summed E-state index contributed by atoms with van der Waals surface area (Å²) in [5.74, 6) is 0.184. The molecule has 1 aromatic rings. The van der Waals surface area contributed by atoms with Gasteiger partial charge < -0.3 is 9.84 Å². The highest BCUT2D eigenvalue weighted by Gasteiger charge is 2.20. The van der Waals surface area contributed by atoms with Crippen LogP contribution in [-0.4, -0.2) is 54.7 Å². The van der Waals surface area contributed by atoms with Crippen molar-refractivity contribution in [2.45, 2.75) is 26.4 Å². The Morgan fingerprint density at radius 2 is 2.05 bits per heavy atom. The third-order valence-electron chi connectivity index (χ3n) is 3.63. The molecule has 20 heavy (non-hydrogen) atoms. The summed E-state index contributed by atoms with van der Waals surface area (Å²) < 4.78 is 5.40. The van der Waals surface area contributed by atoms with Gasteiger partial charge in [0.2, 0.25) is 0 Å². The number of carbonyl (C=O) groups is 1. The fraction of sp³-hybridized carbons (Fsp3) is 0.562. The number of hydrogen-bond donors (Lipinski definition) is 1. The first kappa shape index (κ1) is 15.2. The van der Waals surface area contributed by atoms with E-state index in [0.29, 0.717) is 19.6 Å². The van der Waals surface area contributed by atoms with Gasteiger partial charge in [-0.2, -0.15) is 0 Å². The number of aryl methyl sites for hydroxylation is 2. The van der Waals surface area contributed by atoms with Gasteiger partial charge in [0.05, 0.1) is 19.3 Å². The van der Waals surface area contributed by atoms with Crippen LogP contribution in [0.3, 0.4) is 0 Å². The summed E-state index contributed by atoms with van der Waals surface area (Å²) in [6, 6.07) is 5.97. The van der Waals surface area contributed by atoms with Gasteiger partial charge in [0.25, 0.3) is 0 Å². The zero-order valence-corrected chi connectivity index (χ0v) is 12.3.